The molecule has 3 nitrogen and oxygen atoms in total. The number of nitrogens with two attached hydrogens (primary N) is 1. The number of benzene rings is 1. The average molecular weight is 159 g/mol. The molecule has 0 saturated carbocycles. The molecule has 0 aliphatic rings. The summed E-state index contributed by atoms with van der Waals surface area (Å²) in [6.45, 7) is 0.510. The smallest absolute Gasteiger partial charge is 0.0932 e. The molecule has 2 N–H and O–H groups in total. The Labute approximate surface area is 70.2 Å². The van der Waals surface area contributed by atoms with Crippen molar-refractivity contribution in [1.29, 1.82) is 0 Å². The van der Waals surface area contributed by atoms with E-state index in [0.717, 1.165) is 16.5 Å². The molecule has 3 heteroatoms. The number of aromatic nitrogens is 2. The Bertz CT molecular complexity index is 392. The van der Waals surface area contributed by atoms with Gasteiger partial charge in [0.1, 0.15) is 0 Å². The van der Waals surface area contributed by atoms with Crippen LogP contribution in [0.1, 0.15) is 5.56 Å². The van der Waals surface area contributed by atoms with E-state index in [9.17, 15) is 0 Å². The molecule has 0 fully saturated rings. The quantitative estimate of drug-likeness (QED) is 0.677. The van der Waals surface area contributed by atoms with Gasteiger partial charge in [0.25, 0.3) is 0 Å². The second-order valence-corrected chi connectivity index (χ2v) is 2.59. The van der Waals surface area contributed by atoms with E-state index in [4.69, 9.17) is 5.73 Å². The second-order valence-electron chi connectivity index (χ2n) is 2.59. The predicted molar refractivity (Wildman–Crippen MR) is 47.4 cm³/mol. The van der Waals surface area contributed by atoms with E-state index < -0.39 is 0 Å². The van der Waals surface area contributed by atoms with Crippen LogP contribution in [0.25, 0.3) is 10.9 Å². The van der Waals surface area contributed by atoms with Crippen LogP contribution in [0, 0.1) is 0 Å². The van der Waals surface area contributed by atoms with E-state index in [-0.39, 0.29) is 0 Å². The number of hydrogen-bond donors (Lipinski definition) is 1. The molecule has 1 aromatic carbocycles. The van der Waals surface area contributed by atoms with Gasteiger partial charge in [-0.05, 0) is 11.6 Å². The topological polar surface area (TPSA) is 51.8 Å². The van der Waals surface area contributed by atoms with Gasteiger partial charge in [-0.1, -0.05) is 18.2 Å². The van der Waals surface area contributed by atoms with E-state index in [1.807, 2.05) is 24.3 Å². The van der Waals surface area contributed by atoms with Crippen LogP contribution in [0.15, 0.2) is 30.5 Å². The number of rotatable bonds is 1. The van der Waals surface area contributed by atoms with Crippen molar-refractivity contribution in [2.75, 3.05) is 0 Å². The largest absolute Gasteiger partial charge is 0.326 e. The van der Waals surface area contributed by atoms with Crippen LogP contribution < -0.4 is 5.73 Å². The molecule has 0 atom stereocenters. The van der Waals surface area contributed by atoms with Crippen molar-refractivity contribution in [3.8, 4) is 0 Å². The minimum Gasteiger partial charge on any atom is -0.326 e. The van der Waals surface area contributed by atoms with Crippen LogP contribution in [-0.4, -0.2) is 10.2 Å². The summed E-state index contributed by atoms with van der Waals surface area (Å²) in [5.41, 5.74) is 7.49. The monoisotopic (exact) mass is 159 g/mol. The minimum absolute atomic E-state index is 0.510. The normalized spacial score (nSPS) is 10.4. The van der Waals surface area contributed by atoms with Crippen LogP contribution >= 0.6 is 0 Å². The van der Waals surface area contributed by atoms with Crippen molar-refractivity contribution in [1.82, 2.24) is 10.2 Å². The molecule has 0 amide bonds. The van der Waals surface area contributed by atoms with E-state index in [1.54, 1.807) is 6.20 Å². The van der Waals surface area contributed by atoms with Crippen molar-refractivity contribution < 1.29 is 0 Å². The van der Waals surface area contributed by atoms with Gasteiger partial charge < -0.3 is 5.73 Å². The molecular formula is C9H9N3. The van der Waals surface area contributed by atoms with E-state index in [0.29, 0.717) is 6.54 Å². The van der Waals surface area contributed by atoms with Crippen molar-refractivity contribution in [3.05, 3.63) is 36.0 Å². The van der Waals surface area contributed by atoms with Gasteiger partial charge >= 0.3 is 0 Å². The lowest BCUT2D eigenvalue weighted by molar-refractivity contribution is 1.00. The molecule has 2 rings (SSSR count). The number of nitrogens with zero attached hydrogens (tertiary/aromatic N) is 2. The van der Waals surface area contributed by atoms with Crippen molar-refractivity contribution >= 4 is 10.9 Å². The van der Waals surface area contributed by atoms with Gasteiger partial charge in [0.2, 0.25) is 0 Å². The van der Waals surface area contributed by atoms with Gasteiger partial charge in [-0.3, -0.25) is 0 Å². The summed E-state index contributed by atoms with van der Waals surface area (Å²) in [6, 6.07) is 7.86. The predicted octanol–water partition coefficient (Wildman–Crippen LogP) is 1.09. The summed E-state index contributed by atoms with van der Waals surface area (Å²) >= 11 is 0. The molecule has 0 saturated heterocycles. The highest BCUT2D eigenvalue weighted by Crippen LogP contribution is 2.13. The summed E-state index contributed by atoms with van der Waals surface area (Å²) in [7, 11) is 0. The van der Waals surface area contributed by atoms with Gasteiger partial charge in [-0.2, -0.15) is 10.2 Å². The van der Waals surface area contributed by atoms with E-state index in [1.165, 1.54) is 0 Å². The summed E-state index contributed by atoms with van der Waals surface area (Å²) in [5.74, 6) is 0. The highest BCUT2D eigenvalue weighted by atomic mass is 15.1. The van der Waals surface area contributed by atoms with Gasteiger partial charge in [-0.25, -0.2) is 0 Å². The molecule has 0 unspecified atom stereocenters. The molecule has 1 aromatic heterocycles. The lowest BCUT2D eigenvalue weighted by atomic mass is 10.1. The zero-order valence-corrected chi connectivity index (χ0v) is 6.57. The zero-order valence-electron chi connectivity index (χ0n) is 6.57. The summed E-state index contributed by atoms with van der Waals surface area (Å²) in [4.78, 5) is 0. The Balaban J connectivity index is 2.79. The Kier molecular flexibility index (Phi) is 1.72. The molecule has 0 aliphatic carbocycles. The van der Waals surface area contributed by atoms with Crippen LogP contribution in [-0.2, 0) is 6.54 Å². The van der Waals surface area contributed by atoms with Crippen molar-refractivity contribution in [3.63, 3.8) is 0 Å². The SMILES string of the molecule is NCc1cnnc2ccccc12. The summed E-state index contributed by atoms with van der Waals surface area (Å²) < 4.78 is 0. The van der Waals surface area contributed by atoms with Crippen LogP contribution in [0.5, 0.6) is 0 Å². The van der Waals surface area contributed by atoms with Gasteiger partial charge in [-0.15, -0.1) is 0 Å². The van der Waals surface area contributed by atoms with Crippen LogP contribution in [0.4, 0.5) is 0 Å². The van der Waals surface area contributed by atoms with Crippen LogP contribution in [0.3, 0.4) is 0 Å². The first-order chi connectivity index (χ1) is 5.92. The molecule has 0 aliphatic heterocycles. The maximum atomic E-state index is 5.55. The Morgan fingerprint density at radius 1 is 1.25 bits per heavy atom. The molecule has 60 valence electrons. The molecule has 1 heterocycles. The molecule has 12 heavy (non-hydrogen) atoms. The lowest BCUT2D eigenvalue weighted by Crippen LogP contribution is -1.99. The van der Waals surface area contributed by atoms with Crippen LogP contribution in [0.2, 0.25) is 0 Å². The summed E-state index contributed by atoms with van der Waals surface area (Å²) in [6.07, 6.45) is 1.71. The maximum Gasteiger partial charge on any atom is 0.0932 e. The Morgan fingerprint density at radius 3 is 2.92 bits per heavy atom. The fraction of sp³-hybridized carbons (Fsp3) is 0.111. The van der Waals surface area contributed by atoms with Gasteiger partial charge in [0.15, 0.2) is 0 Å². The third-order valence-corrected chi connectivity index (χ3v) is 1.85. The van der Waals surface area contributed by atoms with Crippen molar-refractivity contribution in [2.45, 2.75) is 6.54 Å². The van der Waals surface area contributed by atoms with Gasteiger partial charge in [0.05, 0.1) is 11.7 Å². The fourth-order valence-electron chi connectivity index (χ4n) is 1.23. The fourth-order valence-corrected chi connectivity index (χ4v) is 1.23. The third-order valence-electron chi connectivity index (χ3n) is 1.85. The number of hydrogen-bond acceptors (Lipinski definition) is 3. The summed E-state index contributed by atoms with van der Waals surface area (Å²) in [5, 5.41) is 8.93. The first kappa shape index (κ1) is 7.18. The van der Waals surface area contributed by atoms with E-state index in [2.05, 4.69) is 10.2 Å². The lowest BCUT2D eigenvalue weighted by Gasteiger charge is -2.00. The molecular weight excluding hydrogens is 150 g/mol. The third kappa shape index (κ3) is 1.04. The Morgan fingerprint density at radius 2 is 2.08 bits per heavy atom. The van der Waals surface area contributed by atoms with Crippen molar-refractivity contribution in [2.24, 2.45) is 5.73 Å². The second kappa shape index (κ2) is 2.87. The standard InChI is InChI=1S/C9H9N3/c10-5-7-6-11-12-9-4-2-1-3-8(7)9/h1-4,6H,5,10H2. The highest BCUT2D eigenvalue weighted by Gasteiger charge is 1.98. The first-order valence-electron chi connectivity index (χ1n) is 3.81. The van der Waals surface area contributed by atoms with E-state index >= 15 is 0 Å². The molecule has 0 radical (unpaired) electrons. The molecule has 2 aromatic rings. The zero-order chi connectivity index (χ0) is 8.39. The molecule has 0 bridgehead atoms. The maximum absolute atomic E-state index is 5.55. The highest BCUT2D eigenvalue weighted by molar-refractivity contribution is 5.81. The van der Waals surface area contributed by atoms with Gasteiger partial charge in [0, 0.05) is 11.9 Å². The Hall–Kier alpha value is -1.48. The molecule has 0 spiro atoms. The minimum atomic E-state index is 0.510. The average Bonchev–Trinajstić information content (AvgIpc) is 2.17. The number of fused-ring (bicyclic) bond motifs is 1. The first-order valence-corrected chi connectivity index (χ1v) is 3.81.